The number of aliphatic hydroxyl groups is 1. The summed E-state index contributed by atoms with van der Waals surface area (Å²) < 4.78 is 16.6. The molecule has 2 unspecified atom stereocenters. The Morgan fingerprint density at radius 3 is 2.59 bits per heavy atom. The normalized spacial score (nSPS) is 17.0. The number of cyclic esters (lactones) is 1. The summed E-state index contributed by atoms with van der Waals surface area (Å²) in [5, 5.41) is 17.3. The van der Waals surface area contributed by atoms with E-state index in [0.717, 1.165) is 16.5 Å². The number of fused-ring (bicyclic) bond motifs is 5. The van der Waals surface area contributed by atoms with Crippen molar-refractivity contribution in [2.75, 3.05) is 25.5 Å². The second kappa shape index (κ2) is 16.0. The molecule has 5 N–H and O–H groups in total. The van der Waals surface area contributed by atoms with Crippen LogP contribution in [0.3, 0.4) is 0 Å². The Morgan fingerprint density at radius 1 is 1.12 bits per heavy atom. The van der Waals surface area contributed by atoms with E-state index in [4.69, 9.17) is 24.9 Å². The first-order valence-electron chi connectivity index (χ1n) is 16.7. The van der Waals surface area contributed by atoms with E-state index in [-0.39, 0.29) is 74.6 Å². The lowest BCUT2D eigenvalue weighted by Crippen LogP contribution is -2.49. The highest BCUT2D eigenvalue weighted by atomic mass is 32.2. The van der Waals surface area contributed by atoms with Gasteiger partial charge in [0, 0.05) is 34.4 Å². The van der Waals surface area contributed by atoms with Crippen LogP contribution in [0.1, 0.15) is 62.3 Å². The standard InChI is InChI=1S/C35H41N5O10S/c1-4-35(47)23-13-27-30-20(15-40(27)32(44)21(23)16-50-34(35)46)22(19-9-7-8-10-25(19)39-30)17-51-18-26(31(43)37-14-29(42)48-5-2)38-28(41)12-11-24(36)33(45)49-6-3/h7-10,13,24,26,47H,4-6,11-12,14-18,36H2,1-3H3,(H,37,43)(H,38,41)/t24?,26?,35-/m0/s1. The number of carbonyl (C=O) groups excluding carboxylic acids is 5. The van der Waals surface area contributed by atoms with E-state index in [0.29, 0.717) is 22.7 Å². The number of nitrogens with one attached hydrogen (secondary N) is 2. The average molecular weight is 724 g/mol. The van der Waals surface area contributed by atoms with Crippen molar-refractivity contribution >= 4 is 52.4 Å². The molecular formula is C35H41N5O10S. The Hall–Kier alpha value is -4.80. The summed E-state index contributed by atoms with van der Waals surface area (Å²) in [5.74, 6) is -2.75. The van der Waals surface area contributed by atoms with Gasteiger partial charge >= 0.3 is 17.9 Å². The van der Waals surface area contributed by atoms with Gasteiger partial charge in [0.05, 0.1) is 42.2 Å². The fraction of sp³-hybridized carbons (Fsp3) is 0.457. The van der Waals surface area contributed by atoms with E-state index in [1.165, 1.54) is 11.8 Å². The zero-order valence-corrected chi connectivity index (χ0v) is 29.4. The molecule has 3 aromatic rings. The van der Waals surface area contributed by atoms with Gasteiger partial charge in [-0.2, -0.15) is 11.8 Å². The zero-order chi connectivity index (χ0) is 36.9. The number of ether oxygens (including phenoxy) is 3. The second-order valence-electron chi connectivity index (χ2n) is 12.1. The molecule has 16 heteroatoms. The maximum absolute atomic E-state index is 13.8. The molecule has 2 amide bonds. The highest BCUT2D eigenvalue weighted by Gasteiger charge is 2.45. The van der Waals surface area contributed by atoms with E-state index in [2.05, 4.69) is 10.6 Å². The Morgan fingerprint density at radius 2 is 1.86 bits per heavy atom. The number of para-hydroxylation sites is 1. The monoisotopic (exact) mass is 723 g/mol. The number of pyridine rings is 2. The first-order valence-corrected chi connectivity index (χ1v) is 17.9. The van der Waals surface area contributed by atoms with Crippen LogP contribution in [0, 0.1) is 0 Å². The van der Waals surface area contributed by atoms with Crippen molar-refractivity contribution in [3.05, 3.63) is 62.9 Å². The molecule has 15 nitrogen and oxygen atoms in total. The lowest BCUT2D eigenvalue weighted by Gasteiger charge is -2.31. The number of hydrogen-bond acceptors (Lipinski definition) is 13. The molecule has 0 bridgehead atoms. The van der Waals surface area contributed by atoms with Crippen LogP contribution in [0.2, 0.25) is 0 Å². The fourth-order valence-corrected chi connectivity index (χ4v) is 7.28. The molecule has 0 spiro atoms. The maximum Gasteiger partial charge on any atom is 0.343 e. The van der Waals surface area contributed by atoms with Gasteiger partial charge in [-0.05, 0) is 44.4 Å². The van der Waals surface area contributed by atoms with Crippen LogP contribution in [-0.4, -0.2) is 82.0 Å². The first-order chi connectivity index (χ1) is 24.4. The maximum atomic E-state index is 13.8. The van der Waals surface area contributed by atoms with Gasteiger partial charge in [0.1, 0.15) is 25.2 Å². The second-order valence-corrected chi connectivity index (χ2v) is 13.1. The fourth-order valence-electron chi connectivity index (χ4n) is 6.15. The summed E-state index contributed by atoms with van der Waals surface area (Å²) in [4.78, 5) is 81.2. The van der Waals surface area contributed by atoms with Gasteiger partial charge in [-0.1, -0.05) is 25.1 Å². The van der Waals surface area contributed by atoms with E-state index >= 15 is 0 Å². The summed E-state index contributed by atoms with van der Waals surface area (Å²) in [5.41, 5.74) is 7.22. The van der Waals surface area contributed by atoms with Gasteiger partial charge in [-0.3, -0.25) is 24.0 Å². The lowest BCUT2D eigenvalue weighted by molar-refractivity contribution is -0.172. The smallest absolute Gasteiger partial charge is 0.343 e. The number of aromatic nitrogens is 2. The molecule has 2 aliphatic heterocycles. The first kappa shape index (κ1) is 37.5. The highest BCUT2D eigenvalue weighted by Crippen LogP contribution is 2.41. The SMILES string of the molecule is CCOC(=O)CNC(=O)C(CSCc1c2c(nc3ccccc13)-c1cc3c(c(=O)n1C2)COC(=O)[C@]3(O)CC)NC(=O)CCC(N)C(=O)OCC. The van der Waals surface area contributed by atoms with Crippen molar-refractivity contribution in [2.24, 2.45) is 5.73 Å². The third-order valence-corrected chi connectivity index (χ3v) is 9.94. The molecule has 0 aliphatic carbocycles. The minimum Gasteiger partial charge on any atom is -0.465 e. The third kappa shape index (κ3) is 7.77. The van der Waals surface area contributed by atoms with Crippen molar-refractivity contribution in [1.29, 1.82) is 0 Å². The molecule has 0 fully saturated rings. The number of amides is 2. The van der Waals surface area contributed by atoms with Gasteiger partial charge in [0.25, 0.3) is 5.56 Å². The number of thioether (sulfide) groups is 1. The van der Waals surface area contributed by atoms with Crippen LogP contribution in [0.25, 0.3) is 22.3 Å². The van der Waals surface area contributed by atoms with Crippen molar-refractivity contribution in [3.63, 3.8) is 0 Å². The minimum absolute atomic E-state index is 0.00339. The zero-order valence-electron chi connectivity index (χ0n) is 28.6. The van der Waals surface area contributed by atoms with Crippen LogP contribution in [0.5, 0.6) is 0 Å². The molecular weight excluding hydrogens is 682 g/mol. The van der Waals surface area contributed by atoms with Crippen LogP contribution in [-0.2, 0) is 62.7 Å². The quantitative estimate of drug-likeness (QED) is 0.100. The molecule has 4 heterocycles. The highest BCUT2D eigenvalue weighted by molar-refractivity contribution is 7.98. The molecule has 1 aromatic carbocycles. The van der Waals surface area contributed by atoms with Crippen molar-refractivity contribution in [3.8, 4) is 11.4 Å². The van der Waals surface area contributed by atoms with E-state index in [1.54, 1.807) is 31.4 Å². The molecule has 0 saturated heterocycles. The Labute approximate surface area is 297 Å². The molecule has 0 radical (unpaired) electrons. The van der Waals surface area contributed by atoms with Crippen LogP contribution in [0.4, 0.5) is 0 Å². The Balaban J connectivity index is 1.40. The largest absolute Gasteiger partial charge is 0.465 e. The Bertz CT molecular complexity index is 1930. The number of hydrogen-bond donors (Lipinski definition) is 4. The van der Waals surface area contributed by atoms with Gasteiger partial charge in [0.15, 0.2) is 5.60 Å². The minimum atomic E-state index is -1.96. The van der Waals surface area contributed by atoms with Crippen molar-refractivity contribution in [1.82, 2.24) is 20.2 Å². The van der Waals surface area contributed by atoms with E-state index in [1.807, 2.05) is 24.3 Å². The number of carbonyl (C=O) groups is 5. The summed E-state index contributed by atoms with van der Waals surface area (Å²) in [6.07, 6.45) is -0.121. The molecule has 51 heavy (non-hydrogen) atoms. The van der Waals surface area contributed by atoms with Gasteiger partial charge in [-0.15, -0.1) is 0 Å². The van der Waals surface area contributed by atoms with Crippen LogP contribution < -0.4 is 21.9 Å². The van der Waals surface area contributed by atoms with Crippen LogP contribution in [0.15, 0.2) is 35.1 Å². The predicted molar refractivity (Wildman–Crippen MR) is 186 cm³/mol. The summed E-state index contributed by atoms with van der Waals surface area (Å²) in [7, 11) is 0. The predicted octanol–water partition coefficient (Wildman–Crippen LogP) is 1.15. The summed E-state index contributed by atoms with van der Waals surface area (Å²) >= 11 is 1.35. The lowest BCUT2D eigenvalue weighted by atomic mass is 9.86. The average Bonchev–Trinajstić information content (AvgIpc) is 3.49. The molecule has 0 saturated carbocycles. The van der Waals surface area contributed by atoms with Gasteiger partial charge < -0.3 is 40.3 Å². The van der Waals surface area contributed by atoms with E-state index in [9.17, 15) is 33.9 Å². The molecule has 5 rings (SSSR count). The number of nitrogens with zero attached hydrogens (tertiary/aromatic N) is 2. The van der Waals surface area contributed by atoms with E-state index < -0.39 is 47.4 Å². The number of rotatable bonds is 15. The number of benzene rings is 1. The molecule has 2 aliphatic rings. The number of esters is 3. The number of nitrogens with two attached hydrogens (primary N) is 1. The summed E-state index contributed by atoms with van der Waals surface area (Å²) in [6, 6.07) is 7.05. The summed E-state index contributed by atoms with van der Waals surface area (Å²) in [6.45, 7) is 4.77. The topological polar surface area (TPSA) is 218 Å². The van der Waals surface area contributed by atoms with Crippen molar-refractivity contribution in [2.45, 2.75) is 76.6 Å². The molecule has 2 aromatic heterocycles. The third-order valence-electron chi connectivity index (χ3n) is 8.88. The van der Waals surface area contributed by atoms with Gasteiger partial charge in [-0.25, -0.2) is 9.78 Å². The van der Waals surface area contributed by atoms with Crippen LogP contribution >= 0.6 is 11.8 Å². The molecule has 272 valence electrons. The Kier molecular flexibility index (Phi) is 11.8. The molecule has 3 atom stereocenters. The van der Waals surface area contributed by atoms with Gasteiger partial charge in [0.2, 0.25) is 11.8 Å². The van der Waals surface area contributed by atoms with Crippen molar-refractivity contribution < 1.29 is 43.3 Å².